The maximum absolute atomic E-state index is 11.1. The maximum atomic E-state index is 11.1. The third kappa shape index (κ3) is 6.18. The van der Waals surface area contributed by atoms with E-state index in [9.17, 15) is 8.42 Å². The van der Waals surface area contributed by atoms with Crippen LogP contribution in [0.25, 0.3) is 0 Å². The summed E-state index contributed by atoms with van der Waals surface area (Å²) in [7, 11) is -3.58. The van der Waals surface area contributed by atoms with E-state index in [4.69, 9.17) is 5.14 Å². The van der Waals surface area contributed by atoms with Crippen LogP contribution in [0.4, 0.5) is 0 Å². The second-order valence-corrected chi connectivity index (χ2v) is 6.50. The Morgan fingerprint density at radius 1 is 1.26 bits per heavy atom. The minimum atomic E-state index is -3.58. The van der Waals surface area contributed by atoms with Gasteiger partial charge in [0.25, 0.3) is 0 Å². The minimum absolute atomic E-state index is 0.167. The van der Waals surface area contributed by atoms with Gasteiger partial charge in [-0.3, -0.25) is 0 Å². The first-order chi connectivity index (χ1) is 8.93. The quantitative estimate of drug-likeness (QED) is 0.767. The van der Waals surface area contributed by atoms with E-state index < -0.39 is 10.0 Å². The Labute approximate surface area is 116 Å². The molecule has 1 aromatic rings. The molecule has 1 rings (SSSR count). The summed E-state index contributed by atoms with van der Waals surface area (Å²) in [5.41, 5.74) is 1.11. The molecule has 0 saturated carbocycles. The van der Waals surface area contributed by atoms with Crippen molar-refractivity contribution in [1.29, 1.82) is 0 Å². The van der Waals surface area contributed by atoms with Gasteiger partial charge in [0, 0.05) is 6.04 Å². The predicted octanol–water partition coefficient (Wildman–Crippen LogP) is 2.04. The Bertz CT molecular complexity index is 469. The lowest BCUT2D eigenvalue weighted by molar-refractivity contribution is 0.498. The summed E-state index contributed by atoms with van der Waals surface area (Å²) in [6.07, 6.45) is 4.56. The van der Waals surface area contributed by atoms with Crippen LogP contribution in [0.1, 0.15) is 38.7 Å². The van der Waals surface area contributed by atoms with E-state index in [1.54, 1.807) is 12.1 Å². The first-order valence-electron chi connectivity index (χ1n) is 6.78. The molecule has 0 bridgehead atoms. The fourth-order valence-electron chi connectivity index (χ4n) is 1.92. The average molecular weight is 284 g/mol. The van der Waals surface area contributed by atoms with E-state index in [0.29, 0.717) is 6.04 Å². The fraction of sp³-hybridized carbons (Fsp3) is 0.571. The van der Waals surface area contributed by atoms with Crippen molar-refractivity contribution in [3.8, 4) is 0 Å². The topological polar surface area (TPSA) is 72.2 Å². The first kappa shape index (κ1) is 16.1. The predicted molar refractivity (Wildman–Crippen MR) is 78.5 cm³/mol. The molecule has 1 atom stereocenters. The Morgan fingerprint density at radius 2 is 1.89 bits per heavy atom. The summed E-state index contributed by atoms with van der Waals surface area (Å²) in [5, 5.41) is 8.52. The van der Waals surface area contributed by atoms with Crippen LogP contribution in [0.3, 0.4) is 0 Å². The molecule has 0 heterocycles. The molecular weight excluding hydrogens is 260 g/mol. The van der Waals surface area contributed by atoms with Crippen LogP contribution >= 0.6 is 0 Å². The highest BCUT2D eigenvalue weighted by Crippen LogP contribution is 2.09. The van der Waals surface area contributed by atoms with Crippen molar-refractivity contribution in [1.82, 2.24) is 5.32 Å². The van der Waals surface area contributed by atoms with E-state index in [0.717, 1.165) is 18.5 Å². The summed E-state index contributed by atoms with van der Waals surface area (Å²) in [6, 6.07) is 7.29. The molecule has 1 unspecified atom stereocenters. The second-order valence-electron chi connectivity index (χ2n) is 4.94. The number of primary sulfonamides is 1. The van der Waals surface area contributed by atoms with Crippen molar-refractivity contribution in [2.45, 2.75) is 50.5 Å². The Kier molecular flexibility index (Phi) is 6.48. The maximum Gasteiger partial charge on any atom is 0.238 e. The van der Waals surface area contributed by atoms with Crippen molar-refractivity contribution < 1.29 is 8.42 Å². The summed E-state index contributed by atoms with van der Waals surface area (Å²) >= 11 is 0. The standard InChI is InChI=1S/C14H24N2O2S/c1-3-4-5-12(2)16-11-10-13-6-8-14(9-7-13)19(15,17)18/h6-9,12,16H,3-5,10-11H2,1-2H3,(H2,15,17,18). The van der Waals surface area contributed by atoms with E-state index in [1.165, 1.54) is 19.3 Å². The average Bonchev–Trinajstić information content (AvgIpc) is 2.36. The van der Waals surface area contributed by atoms with Crippen LogP contribution in [-0.2, 0) is 16.4 Å². The highest BCUT2D eigenvalue weighted by Gasteiger charge is 2.06. The van der Waals surface area contributed by atoms with Gasteiger partial charge in [0.05, 0.1) is 4.90 Å². The monoisotopic (exact) mass is 284 g/mol. The smallest absolute Gasteiger partial charge is 0.238 e. The molecule has 0 aromatic heterocycles. The lowest BCUT2D eigenvalue weighted by atomic mass is 10.1. The molecule has 19 heavy (non-hydrogen) atoms. The molecule has 0 aliphatic heterocycles. The molecule has 0 amide bonds. The summed E-state index contributed by atoms with van der Waals surface area (Å²) in [5.74, 6) is 0. The van der Waals surface area contributed by atoms with Crippen molar-refractivity contribution in [2.75, 3.05) is 6.54 Å². The van der Waals surface area contributed by atoms with Crippen LogP contribution in [0.5, 0.6) is 0 Å². The molecule has 0 saturated heterocycles. The summed E-state index contributed by atoms with van der Waals surface area (Å²) < 4.78 is 22.2. The van der Waals surface area contributed by atoms with E-state index in [2.05, 4.69) is 19.2 Å². The minimum Gasteiger partial charge on any atom is -0.314 e. The molecule has 3 N–H and O–H groups in total. The lowest BCUT2D eigenvalue weighted by Crippen LogP contribution is -2.27. The van der Waals surface area contributed by atoms with E-state index >= 15 is 0 Å². The molecule has 0 spiro atoms. The number of nitrogens with one attached hydrogen (secondary N) is 1. The number of sulfonamides is 1. The Balaban J connectivity index is 2.38. The number of benzene rings is 1. The normalized spacial score (nSPS) is 13.4. The van der Waals surface area contributed by atoms with Gasteiger partial charge in [0.15, 0.2) is 0 Å². The second kappa shape index (κ2) is 7.62. The van der Waals surface area contributed by atoms with Crippen LogP contribution in [0, 0.1) is 0 Å². The number of rotatable bonds is 8. The van der Waals surface area contributed by atoms with Crippen LogP contribution in [0.15, 0.2) is 29.2 Å². The third-order valence-corrected chi connectivity index (χ3v) is 4.08. The SMILES string of the molecule is CCCCC(C)NCCc1ccc(S(N)(=O)=O)cc1. The highest BCUT2D eigenvalue weighted by molar-refractivity contribution is 7.89. The molecule has 5 heteroatoms. The van der Waals surface area contributed by atoms with Gasteiger partial charge < -0.3 is 5.32 Å². The van der Waals surface area contributed by atoms with Gasteiger partial charge in [0.2, 0.25) is 10.0 Å². The third-order valence-electron chi connectivity index (χ3n) is 3.15. The van der Waals surface area contributed by atoms with Crippen molar-refractivity contribution in [2.24, 2.45) is 5.14 Å². The van der Waals surface area contributed by atoms with Crippen molar-refractivity contribution in [3.05, 3.63) is 29.8 Å². The zero-order valence-corrected chi connectivity index (χ0v) is 12.5. The highest BCUT2D eigenvalue weighted by atomic mass is 32.2. The molecule has 0 aliphatic rings. The van der Waals surface area contributed by atoms with Gasteiger partial charge in [-0.05, 0) is 44.0 Å². The van der Waals surface area contributed by atoms with Crippen molar-refractivity contribution >= 4 is 10.0 Å². The van der Waals surface area contributed by atoms with E-state index in [1.807, 2.05) is 12.1 Å². The van der Waals surface area contributed by atoms with Gasteiger partial charge in [-0.25, -0.2) is 13.6 Å². The molecule has 108 valence electrons. The Hall–Kier alpha value is -0.910. The first-order valence-corrected chi connectivity index (χ1v) is 8.33. The number of nitrogens with two attached hydrogens (primary N) is 1. The Morgan fingerprint density at radius 3 is 2.42 bits per heavy atom. The van der Waals surface area contributed by atoms with Gasteiger partial charge in [-0.1, -0.05) is 31.9 Å². The van der Waals surface area contributed by atoms with Crippen LogP contribution in [0.2, 0.25) is 0 Å². The molecule has 4 nitrogen and oxygen atoms in total. The van der Waals surface area contributed by atoms with Gasteiger partial charge in [0.1, 0.15) is 0 Å². The molecule has 0 radical (unpaired) electrons. The zero-order chi connectivity index (χ0) is 14.3. The molecule has 0 aliphatic carbocycles. The number of unbranched alkanes of at least 4 members (excludes halogenated alkanes) is 1. The molecular formula is C14H24N2O2S. The fourth-order valence-corrected chi connectivity index (χ4v) is 2.44. The van der Waals surface area contributed by atoms with Gasteiger partial charge in [-0.15, -0.1) is 0 Å². The number of hydrogen-bond acceptors (Lipinski definition) is 3. The zero-order valence-electron chi connectivity index (χ0n) is 11.7. The number of hydrogen-bond donors (Lipinski definition) is 2. The van der Waals surface area contributed by atoms with E-state index in [-0.39, 0.29) is 4.90 Å². The molecule has 1 aromatic carbocycles. The van der Waals surface area contributed by atoms with Crippen molar-refractivity contribution in [3.63, 3.8) is 0 Å². The van der Waals surface area contributed by atoms with Gasteiger partial charge >= 0.3 is 0 Å². The molecule has 0 fully saturated rings. The van der Waals surface area contributed by atoms with Gasteiger partial charge in [-0.2, -0.15) is 0 Å². The summed E-state index contributed by atoms with van der Waals surface area (Å²) in [6.45, 7) is 5.29. The summed E-state index contributed by atoms with van der Waals surface area (Å²) in [4.78, 5) is 0.167. The largest absolute Gasteiger partial charge is 0.314 e. The lowest BCUT2D eigenvalue weighted by Gasteiger charge is -2.13. The van der Waals surface area contributed by atoms with Crippen LogP contribution in [-0.4, -0.2) is 21.0 Å². The van der Waals surface area contributed by atoms with Crippen LogP contribution < -0.4 is 10.5 Å².